The molecule has 3 rings (SSSR count). The number of hydrogen-bond acceptors (Lipinski definition) is 2. The molecular weight excluding hydrogens is 475 g/mol. The lowest BCUT2D eigenvalue weighted by atomic mass is 9.64. The van der Waals surface area contributed by atoms with E-state index in [1.54, 1.807) is 7.05 Å². The van der Waals surface area contributed by atoms with Crippen molar-refractivity contribution in [2.45, 2.75) is 38.1 Å². The molecule has 29 heavy (non-hydrogen) atoms. The number of carbonyl (C=O) groups is 1. The maximum absolute atomic E-state index is 11.8. The normalized spacial score (nSPS) is 14.9. The van der Waals surface area contributed by atoms with E-state index in [0.717, 1.165) is 18.1 Å². The predicted molar refractivity (Wildman–Crippen MR) is 130 cm³/mol. The van der Waals surface area contributed by atoms with Gasteiger partial charge in [0.15, 0.2) is 5.96 Å². The molecule has 1 aliphatic carbocycles. The zero-order chi connectivity index (χ0) is 19.8. The molecular formula is C23H31IN4O. The molecule has 2 aromatic rings. The number of guanidine groups is 1. The zero-order valence-corrected chi connectivity index (χ0v) is 19.5. The van der Waals surface area contributed by atoms with Crippen molar-refractivity contribution < 1.29 is 4.79 Å². The van der Waals surface area contributed by atoms with E-state index in [4.69, 9.17) is 0 Å². The molecule has 0 atom stereocenters. The smallest absolute Gasteiger partial charge is 0.251 e. The number of nitrogens with zero attached hydrogens (tertiary/aromatic N) is 1. The fourth-order valence-electron chi connectivity index (χ4n) is 3.66. The van der Waals surface area contributed by atoms with Gasteiger partial charge in [0.25, 0.3) is 5.91 Å². The van der Waals surface area contributed by atoms with Gasteiger partial charge in [0.2, 0.25) is 0 Å². The van der Waals surface area contributed by atoms with Gasteiger partial charge in [-0.25, -0.2) is 0 Å². The first-order valence-corrected chi connectivity index (χ1v) is 10.0. The molecule has 1 aliphatic rings. The maximum Gasteiger partial charge on any atom is 0.251 e. The standard InChI is InChI=1S/C23H30N4O.HI/c1-3-25-21(28)19-12-10-18(11-13-19)16-26-22(24-2)27-17-23(14-7-15-23)20-8-5-4-6-9-20;/h4-6,8-13H,3,7,14-17H2,1-2H3,(H,25,28)(H2,24,26,27);1H. The van der Waals surface area contributed by atoms with Crippen LogP contribution in [0.5, 0.6) is 0 Å². The third kappa shape index (κ3) is 5.95. The molecule has 1 amide bonds. The number of rotatable bonds is 7. The van der Waals surface area contributed by atoms with Crippen LogP contribution in [0.4, 0.5) is 0 Å². The second-order valence-electron chi connectivity index (χ2n) is 7.34. The van der Waals surface area contributed by atoms with Crippen LogP contribution in [0, 0.1) is 0 Å². The molecule has 3 N–H and O–H groups in total. The Labute approximate surface area is 190 Å². The van der Waals surface area contributed by atoms with Gasteiger partial charge < -0.3 is 16.0 Å². The quantitative estimate of drug-likeness (QED) is 0.304. The average molecular weight is 506 g/mol. The van der Waals surface area contributed by atoms with Gasteiger partial charge in [-0.15, -0.1) is 24.0 Å². The Hall–Kier alpha value is -2.09. The predicted octanol–water partition coefficient (Wildman–Crippen LogP) is 3.84. The van der Waals surface area contributed by atoms with Crippen LogP contribution in [0.3, 0.4) is 0 Å². The maximum atomic E-state index is 11.8. The van der Waals surface area contributed by atoms with Crippen LogP contribution >= 0.6 is 24.0 Å². The molecule has 0 radical (unpaired) electrons. The van der Waals surface area contributed by atoms with Crippen molar-refractivity contribution in [3.05, 3.63) is 71.3 Å². The Morgan fingerprint density at radius 2 is 1.69 bits per heavy atom. The van der Waals surface area contributed by atoms with E-state index in [-0.39, 0.29) is 35.3 Å². The molecule has 0 spiro atoms. The Morgan fingerprint density at radius 3 is 2.24 bits per heavy atom. The third-order valence-corrected chi connectivity index (χ3v) is 5.53. The van der Waals surface area contributed by atoms with Crippen LogP contribution in [0.1, 0.15) is 47.7 Å². The fourth-order valence-corrected chi connectivity index (χ4v) is 3.66. The van der Waals surface area contributed by atoms with Gasteiger partial charge in [0, 0.05) is 37.7 Å². The summed E-state index contributed by atoms with van der Waals surface area (Å²) in [5.41, 5.74) is 3.41. The number of benzene rings is 2. The van der Waals surface area contributed by atoms with E-state index in [2.05, 4.69) is 51.3 Å². The third-order valence-electron chi connectivity index (χ3n) is 5.53. The number of halogens is 1. The lowest BCUT2D eigenvalue weighted by molar-refractivity contribution is 0.0956. The minimum Gasteiger partial charge on any atom is -0.356 e. The molecule has 1 fully saturated rings. The highest BCUT2D eigenvalue weighted by atomic mass is 127. The van der Waals surface area contributed by atoms with E-state index >= 15 is 0 Å². The topological polar surface area (TPSA) is 65.5 Å². The SMILES string of the molecule is CCNC(=O)c1ccc(CNC(=NC)NCC2(c3ccccc3)CCC2)cc1.I. The lowest BCUT2D eigenvalue weighted by Crippen LogP contribution is -2.48. The summed E-state index contributed by atoms with van der Waals surface area (Å²) in [4.78, 5) is 16.2. The summed E-state index contributed by atoms with van der Waals surface area (Å²) < 4.78 is 0. The van der Waals surface area contributed by atoms with Crippen molar-refractivity contribution in [3.63, 3.8) is 0 Å². The van der Waals surface area contributed by atoms with Crippen LogP contribution < -0.4 is 16.0 Å². The molecule has 5 nitrogen and oxygen atoms in total. The van der Waals surface area contributed by atoms with Gasteiger partial charge in [-0.3, -0.25) is 9.79 Å². The molecule has 0 bridgehead atoms. The molecule has 0 aliphatic heterocycles. The van der Waals surface area contributed by atoms with Crippen molar-refractivity contribution in [2.24, 2.45) is 4.99 Å². The molecule has 0 unspecified atom stereocenters. The number of carbonyl (C=O) groups excluding carboxylic acids is 1. The number of aliphatic imine (C=N–C) groups is 1. The van der Waals surface area contributed by atoms with Gasteiger partial charge in [-0.05, 0) is 43.0 Å². The van der Waals surface area contributed by atoms with Crippen molar-refractivity contribution in [2.75, 3.05) is 20.1 Å². The fraction of sp³-hybridized carbons (Fsp3) is 0.391. The van der Waals surface area contributed by atoms with Crippen molar-refractivity contribution in [3.8, 4) is 0 Å². The van der Waals surface area contributed by atoms with E-state index in [0.29, 0.717) is 18.7 Å². The van der Waals surface area contributed by atoms with Gasteiger partial charge in [0.1, 0.15) is 0 Å². The van der Waals surface area contributed by atoms with E-state index in [1.807, 2.05) is 31.2 Å². The first-order chi connectivity index (χ1) is 13.7. The summed E-state index contributed by atoms with van der Waals surface area (Å²) in [7, 11) is 1.80. The average Bonchev–Trinajstić information content (AvgIpc) is 2.71. The highest BCUT2D eigenvalue weighted by Gasteiger charge is 2.38. The molecule has 0 saturated heterocycles. The zero-order valence-electron chi connectivity index (χ0n) is 17.2. The van der Waals surface area contributed by atoms with Gasteiger partial charge in [-0.2, -0.15) is 0 Å². The molecule has 0 heterocycles. The summed E-state index contributed by atoms with van der Waals surface area (Å²) in [5.74, 6) is 0.765. The van der Waals surface area contributed by atoms with Crippen LogP contribution in [0.25, 0.3) is 0 Å². The Kier molecular flexibility index (Phi) is 8.95. The van der Waals surface area contributed by atoms with Crippen molar-refractivity contribution >= 4 is 35.8 Å². The van der Waals surface area contributed by atoms with Crippen molar-refractivity contribution in [1.82, 2.24) is 16.0 Å². The molecule has 0 aromatic heterocycles. The number of hydrogen-bond donors (Lipinski definition) is 3. The summed E-state index contributed by atoms with van der Waals surface area (Å²) in [6, 6.07) is 18.4. The molecule has 156 valence electrons. The first-order valence-electron chi connectivity index (χ1n) is 10.0. The Bertz CT molecular complexity index is 801. The summed E-state index contributed by atoms with van der Waals surface area (Å²) in [5, 5.41) is 9.68. The highest BCUT2D eigenvalue weighted by Crippen LogP contribution is 2.43. The monoisotopic (exact) mass is 506 g/mol. The van der Waals surface area contributed by atoms with Crippen LogP contribution in [0.15, 0.2) is 59.6 Å². The van der Waals surface area contributed by atoms with Crippen LogP contribution in [0.2, 0.25) is 0 Å². The largest absolute Gasteiger partial charge is 0.356 e. The van der Waals surface area contributed by atoms with Gasteiger partial charge in [-0.1, -0.05) is 48.9 Å². The number of nitrogens with one attached hydrogen (secondary N) is 3. The minimum atomic E-state index is -0.0359. The van der Waals surface area contributed by atoms with Gasteiger partial charge >= 0.3 is 0 Å². The second kappa shape index (κ2) is 11.2. The van der Waals surface area contributed by atoms with E-state index in [1.165, 1.54) is 24.8 Å². The van der Waals surface area contributed by atoms with E-state index < -0.39 is 0 Å². The van der Waals surface area contributed by atoms with Gasteiger partial charge in [0.05, 0.1) is 0 Å². The lowest BCUT2D eigenvalue weighted by Gasteiger charge is -2.43. The Morgan fingerprint density at radius 1 is 1.00 bits per heavy atom. The van der Waals surface area contributed by atoms with Crippen LogP contribution in [-0.2, 0) is 12.0 Å². The molecule has 6 heteroatoms. The number of amides is 1. The highest BCUT2D eigenvalue weighted by molar-refractivity contribution is 14.0. The first kappa shape index (κ1) is 23.2. The molecule has 2 aromatic carbocycles. The van der Waals surface area contributed by atoms with Crippen molar-refractivity contribution in [1.29, 1.82) is 0 Å². The second-order valence-corrected chi connectivity index (χ2v) is 7.34. The minimum absolute atomic E-state index is 0. The molecule has 1 saturated carbocycles. The summed E-state index contributed by atoms with van der Waals surface area (Å²) >= 11 is 0. The van der Waals surface area contributed by atoms with Crippen LogP contribution in [-0.4, -0.2) is 32.0 Å². The van der Waals surface area contributed by atoms with E-state index in [9.17, 15) is 4.79 Å². The summed E-state index contributed by atoms with van der Waals surface area (Å²) in [6.45, 7) is 4.09. The Balaban J connectivity index is 0.00000300. The summed E-state index contributed by atoms with van der Waals surface area (Å²) in [6.07, 6.45) is 3.70.